The van der Waals surface area contributed by atoms with Crippen LogP contribution in [0.1, 0.15) is 50.5 Å². The van der Waals surface area contributed by atoms with Crippen LogP contribution in [0.25, 0.3) is 0 Å². The third kappa shape index (κ3) is 1.98. The average molecular weight is 246 g/mol. The van der Waals surface area contributed by atoms with Crippen molar-refractivity contribution in [3.8, 4) is 0 Å². The number of nitrogens with two attached hydrogens (primary N) is 1. The molecule has 0 fully saturated rings. The van der Waals surface area contributed by atoms with Crippen molar-refractivity contribution < 1.29 is 4.79 Å². The molecule has 1 aliphatic rings. The predicted molar refractivity (Wildman–Crippen MR) is 74.7 cm³/mol. The Labute approximate surface area is 109 Å². The number of carbonyl (C=O) groups excluding carboxylic acids is 1. The van der Waals surface area contributed by atoms with E-state index in [1.54, 1.807) is 6.07 Å². The molecular formula is C15H22N2O. The second-order valence-electron chi connectivity index (χ2n) is 6.75. The van der Waals surface area contributed by atoms with Crippen LogP contribution >= 0.6 is 0 Å². The van der Waals surface area contributed by atoms with E-state index in [2.05, 4.69) is 34.6 Å². The molecule has 0 spiro atoms. The SMILES string of the molecule is CC1(C)CN(C(C)(C)C)C(=O)c2cc(N)ccc21. The van der Waals surface area contributed by atoms with Crippen molar-refractivity contribution in [3.63, 3.8) is 0 Å². The summed E-state index contributed by atoms with van der Waals surface area (Å²) in [7, 11) is 0. The fourth-order valence-corrected chi connectivity index (χ4v) is 2.57. The number of anilines is 1. The molecule has 2 N–H and O–H groups in total. The van der Waals surface area contributed by atoms with E-state index < -0.39 is 0 Å². The van der Waals surface area contributed by atoms with Crippen molar-refractivity contribution in [3.05, 3.63) is 29.3 Å². The van der Waals surface area contributed by atoms with Gasteiger partial charge in [0.1, 0.15) is 0 Å². The topological polar surface area (TPSA) is 46.3 Å². The van der Waals surface area contributed by atoms with Gasteiger partial charge < -0.3 is 10.6 Å². The van der Waals surface area contributed by atoms with Crippen LogP contribution < -0.4 is 5.73 Å². The highest BCUT2D eigenvalue weighted by atomic mass is 16.2. The number of amides is 1. The minimum absolute atomic E-state index is 0.0375. The summed E-state index contributed by atoms with van der Waals surface area (Å²) in [6.07, 6.45) is 0. The number of carbonyl (C=O) groups is 1. The largest absolute Gasteiger partial charge is 0.399 e. The Hall–Kier alpha value is -1.51. The van der Waals surface area contributed by atoms with Crippen molar-refractivity contribution in [2.45, 2.75) is 45.6 Å². The molecule has 1 amide bonds. The lowest BCUT2D eigenvalue weighted by atomic mass is 9.76. The molecule has 3 nitrogen and oxygen atoms in total. The third-order valence-corrected chi connectivity index (χ3v) is 3.61. The maximum absolute atomic E-state index is 12.6. The van der Waals surface area contributed by atoms with Gasteiger partial charge in [-0.3, -0.25) is 4.79 Å². The van der Waals surface area contributed by atoms with Crippen LogP contribution in [0.15, 0.2) is 18.2 Å². The van der Waals surface area contributed by atoms with Crippen molar-refractivity contribution in [2.24, 2.45) is 0 Å². The van der Waals surface area contributed by atoms with Gasteiger partial charge in [-0.15, -0.1) is 0 Å². The molecule has 0 saturated carbocycles. The van der Waals surface area contributed by atoms with Crippen LogP contribution in [0.4, 0.5) is 5.69 Å². The predicted octanol–water partition coefficient (Wildman–Crippen LogP) is 2.80. The van der Waals surface area contributed by atoms with Crippen LogP contribution in [0.3, 0.4) is 0 Å². The van der Waals surface area contributed by atoms with E-state index in [1.165, 1.54) is 0 Å². The zero-order chi connectivity index (χ0) is 13.7. The van der Waals surface area contributed by atoms with Crippen LogP contribution in [-0.2, 0) is 5.41 Å². The molecule has 1 heterocycles. The molecule has 0 unspecified atom stereocenters. The Morgan fingerprint density at radius 1 is 1.28 bits per heavy atom. The molecule has 1 aromatic rings. The van der Waals surface area contributed by atoms with Gasteiger partial charge >= 0.3 is 0 Å². The fraction of sp³-hybridized carbons (Fsp3) is 0.533. The smallest absolute Gasteiger partial charge is 0.254 e. The summed E-state index contributed by atoms with van der Waals surface area (Å²) >= 11 is 0. The van der Waals surface area contributed by atoms with Crippen LogP contribution in [0, 0.1) is 0 Å². The molecule has 2 rings (SSSR count). The Bertz CT molecular complexity index is 498. The van der Waals surface area contributed by atoms with Gasteiger partial charge in [0.25, 0.3) is 5.91 Å². The number of hydrogen-bond acceptors (Lipinski definition) is 2. The number of nitrogens with zero attached hydrogens (tertiary/aromatic N) is 1. The van der Waals surface area contributed by atoms with Gasteiger partial charge in [-0.2, -0.15) is 0 Å². The number of nitrogen functional groups attached to an aromatic ring is 1. The lowest BCUT2D eigenvalue weighted by Gasteiger charge is -2.46. The highest BCUT2D eigenvalue weighted by molar-refractivity contribution is 5.98. The monoisotopic (exact) mass is 246 g/mol. The van der Waals surface area contributed by atoms with Gasteiger partial charge in [-0.1, -0.05) is 19.9 Å². The minimum Gasteiger partial charge on any atom is -0.399 e. The maximum Gasteiger partial charge on any atom is 0.254 e. The molecule has 0 atom stereocenters. The molecule has 1 aromatic carbocycles. The third-order valence-electron chi connectivity index (χ3n) is 3.61. The quantitative estimate of drug-likeness (QED) is 0.715. The first-order chi connectivity index (χ1) is 8.13. The highest BCUT2D eigenvalue weighted by Crippen LogP contribution is 2.36. The lowest BCUT2D eigenvalue weighted by molar-refractivity contribution is 0.0479. The first kappa shape index (κ1) is 12.9. The molecule has 0 aliphatic carbocycles. The van der Waals surface area contributed by atoms with Gasteiger partial charge in [0.05, 0.1) is 0 Å². The van der Waals surface area contributed by atoms with E-state index in [0.717, 1.165) is 17.7 Å². The summed E-state index contributed by atoms with van der Waals surface area (Å²) in [5, 5.41) is 0. The van der Waals surface area contributed by atoms with Crippen LogP contribution in [0.2, 0.25) is 0 Å². The minimum atomic E-state index is -0.170. The molecule has 98 valence electrons. The second kappa shape index (κ2) is 3.74. The Balaban J connectivity index is 2.59. The normalized spacial score (nSPS) is 18.7. The molecule has 0 saturated heterocycles. The molecular weight excluding hydrogens is 224 g/mol. The zero-order valence-corrected chi connectivity index (χ0v) is 11.9. The van der Waals surface area contributed by atoms with Gasteiger partial charge in [-0.05, 0) is 38.5 Å². The number of rotatable bonds is 0. The van der Waals surface area contributed by atoms with Gasteiger partial charge in [0, 0.05) is 28.7 Å². The lowest BCUT2D eigenvalue weighted by Crippen LogP contribution is -2.54. The molecule has 3 heteroatoms. The first-order valence-corrected chi connectivity index (χ1v) is 6.35. The number of fused-ring (bicyclic) bond motifs is 1. The standard InChI is InChI=1S/C15H22N2O/c1-14(2,3)17-9-15(4,5)12-7-6-10(16)8-11(12)13(17)18/h6-8H,9,16H2,1-5H3. The van der Waals surface area contributed by atoms with Crippen LogP contribution in [0.5, 0.6) is 0 Å². The molecule has 0 bridgehead atoms. The molecule has 0 radical (unpaired) electrons. The summed E-state index contributed by atoms with van der Waals surface area (Å²) in [5.41, 5.74) is 8.11. The maximum atomic E-state index is 12.6. The Kier molecular flexibility index (Phi) is 2.69. The number of benzene rings is 1. The van der Waals surface area contributed by atoms with Crippen LogP contribution in [-0.4, -0.2) is 22.9 Å². The summed E-state index contributed by atoms with van der Waals surface area (Å²) in [6, 6.07) is 5.67. The second-order valence-corrected chi connectivity index (χ2v) is 6.75. The first-order valence-electron chi connectivity index (χ1n) is 6.35. The fourth-order valence-electron chi connectivity index (χ4n) is 2.57. The van der Waals surface area contributed by atoms with E-state index in [9.17, 15) is 4.79 Å². The highest BCUT2D eigenvalue weighted by Gasteiger charge is 2.40. The summed E-state index contributed by atoms with van der Waals surface area (Å²) in [5.74, 6) is 0.0872. The summed E-state index contributed by atoms with van der Waals surface area (Å²) in [6.45, 7) is 11.3. The van der Waals surface area contributed by atoms with Crippen molar-refractivity contribution in [2.75, 3.05) is 12.3 Å². The van der Waals surface area contributed by atoms with E-state index in [-0.39, 0.29) is 16.9 Å². The van der Waals surface area contributed by atoms with Gasteiger partial charge in [0.2, 0.25) is 0 Å². The number of hydrogen-bond donors (Lipinski definition) is 1. The van der Waals surface area contributed by atoms with Crippen molar-refractivity contribution >= 4 is 11.6 Å². The molecule has 0 aromatic heterocycles. The van der Waals surface area contributed by atoms with Crippen molar-refractivity contribution in [1.29, 1.82) is 0 Å². The zero-order valence-electron chi connectivity index (χ0n) is 11.9. The van der Waals surface area contributed by atoms with E-state index >= 15 is 0 Å². The van der Waals surface area contributed by atoms with E-state index in [1.807, 2.05) is 17.0 Å². The van der Waals surface area contributed by atoms with Crippen molar-refractivity contribution in [1.82, 2.24) is 4.90 Å². The molecule has 1 aliphatic heterocycles. The Morgan fingerprint density at radius 2 is 1.89 bits per heavy atom. The average Bonchev–Trinajstić information content (AvgIpc) is 2.21. The summed E-state index contributed by atoms with van der Waals surface area (Å²) in [4.78, 5) is 14.5. The summed E-state index contributed by atoms with van der Waals surface area (Å²) < 4.78 is 0. The van der Waals surface area contributed by atoms with Gasteiger partial charge in [-0.25, -0.2) is 0 Å². The molecule has 18 heavy (non-hydrogen) atoms. The van der Waals surface area contributed by atoms with E-state index in [4.69, 9.17) is 5.73 Å². The van der Waals surface area contributed by atoms with Gasteiger partial charge in [0.15, 0.2) is 0 Å². The Morgan fingerprint density at radius 3 is 2.44 bits per heavy atom. The van der Waals surface area contributed by atoms with E-state index in [0.29, 0.717) is 5.69 Å².